The van der Waals surface area contributed by atoms with Gasteiger partial charge in [0.15, 0.2) is 0 Å². The first kappa shape index (κ1) is 14.8. The fourth-order valence-electron chi connectivity index (χ4n) is 2.88. The number of hydrogen-bond donors (Lipinski definition) is 1. The maximum Gasteiger partial charge on any atom is 0.225 e. The summed E-state index contributed by atoms with van der Waals surface area (Å²) >= 11 is 1.58. The fraction of sp³-hybridized carbons (Fsp3) is 0.375. The smallest absolute Gasteiger partial charge is 0.225 e. The van der Waals surface area contributed by atoms with Crippen molar-refractivity contribution in [2.24, 2.45) is 5.92 Å². The van der Waals surface area contributed by atoms with E-state index in [0.717, 1.165) is 10.6 Å². The van der Waals surface area contributed by atoms with Crippen LogP contribution >= 0.6 is 11.3 Å². The molecule has 1 fully saturated rings. The lowest BCUT2D eigenvalue weighted by Gasteiger charge is -2.37. The summed E-state index contributed by atoms with van der Waals surface area (Å²) in [5, 5.41) is 4.89. The molecule has 0 saturated carbocycles. The number of nitrogens with zero attached hydrogens (tertiary/aromatic N) is 1. The molecule has 2 aromatic heterocycles. The Morgan fingerprint density at radius 3 is 3.00 bits per heavy atom. The van der Waals surface area contributed by atoms with E-state index in [1.807, 2.05) is 23.6 Å². The van der Waals surface area contributed by atoms with Crippen molar-refractivity contribution in [3.63, 3.8) is 0 Å². The molecule has 1 saturated heterocycles. The monoisotopic (exact) mass is 318 g/mol. The van der Waals surface area contributed by atoms with E-state index in [9.17, 15) is 9.59 Å². The minimum atomic E-state index is -0.226. The number of carbonyl (C=O) groups excluding carboxylic acids is 2. The molecule has 0 unspecified atom stereocenters. The summed E-state index contributed by atoms with van der Waals surface area (Å²) in [6, 6.07) is 7.37. The van der Waals surface area contributed by atoms with Gasteiger partial charge in [0.2, 0.25) is 11.8 Å². The molecule has 2 atom stereocenters. The van der Waals surface area contributed by atoms with Crippen LogP contribution in [0.15, 0.2) is 40.3 Å². The number of carbonyl (C=O) groups is 2. The summed E-state index contributed by atoms with van der Waals surface area (Å²) in [5.41, 5.74) is 0. The third kappa shape index (κ3) is 2.92. The van der Waals surface area contributed by atoms with E-state index >= 15 is 0 Å². The first-order chi connectivity index (χ1) is 10.7. The Bertz CT molecular complexity index is 636. The Morgan fingerprint density at radius 2 is 2.32 bits per heavy atom. The minimum absolute atomic E-state index is 0.0332. The third-order valence-electron chi connectivity index (χ3n) is 4.05. The van der Waals surface area contributed by atoms with E-state index in [1.54, 1.807) is 35.6 Å². The van der Waals surface area contributed by atoms with Gasteiger partial charge in [0.05, 0.1) is 24.8 Å². The number of hydrogen-bond acceptors (Lipinski definition) is 4. The molecule has 3 heterocycles. The van der Waals surface area contributed by atoms with Crippen molar-refractivity contribution in [3.05, 3.63) is 46.5 Å². The molecule has 0 spiro atoms. The predicted octanol–water partition coefficient (Wildman–Crippen LogP) is 2.57. The molecule has 1 N–H and O–H groups in total. The van der Waals surface area contributed by atoms with Crippen molar-refractivity contribution >= 4 is 23.2 Å². The first-order valence-corrected chi connectivity index (χ1v) is 8.14. The number of piperidine rings is 1. The van der Waals surface area contributed by atoms with Crippen LogP contribution in [0.4, 0.5) is 0 Å². The second-order valence-electron chi connectivity index (χ2n) is 5.41. The zero-order chi connectivity index (χ0) is 15.5. The standard InChI is InChI=1S/C16H18N2O3S/c1-18-14(19)7-6-12(15(18)13-5-3-9-22-13)16(20)17-10-11-4-2-8-21-11/h2-5,8-9,12,15H,6-7,10H2,1H3,(H,17,20)/t12-,15-/m0/s1. The second kappa shape index (κ2) is 6.36. The predicted molar refractivity (Wildman–Crippen MR) is 83.1 cm³/mol. The molecule has 22 heavy (non-hydrogen) atoms. The molecule has 1 aliphatic rings. The molecular weight excluding hydrogens is 300 g/mol. The lowest BCUT2D eigenvalue weighted by Crippen LogP contribution is -2.45. The molecule has 0 bridgehead atoms. The molecule has 3 rings (SSSR count). The van der Waals surface area contributed by atoms with Crippen LogP contribution in [0.25, 0.3) is 0 Å². The summed E-state index contributed by atoms with van der Waals surface area (Å²) in [5.74, 6) is 0.556. The van der Waals surface area contributed by atoms with Gasteiger partial charge in [-0.3, -0.25) is 9.59 Å². The van der Waals surface area contributed by atoms with Gasteiger partial charge in [0.1, 0.15) is 5.76 Å². The highest BCUT2D eigenvalue weighted by molar-refractivity contribution is 7.10. The van der Waals surface area contributed by atoms with Crippen LogP contribution in [0, 0.1) is 5.92 Å². The molecule has 2 aromatic rings. The highest BCUT2D eigenvalue weighted by Crippen LogP contribution is 2.37. The van der Waals surface area contributed by atoms with E-state index < -0.39 is 0 Å². The lowest BCUT2D eigenvalue weighted by molar-refractivity contribution is -0.141. The van der Waals surface area contributed by atoms with Gasteiger partial charge in [-0.1, -0.05) is 6.07 Å². The van der Waals surface area contributed by atoms with Gasteiger partial charge < -0.3 is 14.6 Å². The van der Waals surface area contributed by atoms with Gasteiger partial charge in [-0.2, -0.15) is 0 Å². The topological polar surface area (TPSA) is 62.6 Å². The van der Waals surface area contributed by atoms with E-state index in [0.29, 0.717) is 19.4 Å². The van der Waals surface area contributed by atoms with Crippen molar-refractivity contribution in [1.82, 2.24) is 10.2 Å². The van der Waals surface area contributed by atoms with Crippen molar-refractivity contribution < 1.29 is 14.0 Å². The Kier molecular flexibility index (Phi) is 4.29. The molecule has 6 heteroatoms. The van der Waals surface area contributed by atoms with Gasteiger partial charge in [0.25, 0.3) is 0 Å². The second-order valence-corrected chi connectivity index (χ2v) is 6.39. The number of likely N-dealkylation sites (tertiary alicyclic amines) is 1. The lowest BCUT2D eigenvalue weighted by atomic mass is 9.87. The Hall–Kier alpha value is -2.08. The van der Waals surface area contributed by atoms with Crippen LogP contribution in [0.5, 0.6) is 0 Å². The number of rotatable bonds is 4. The Balaban J connectivity index is 1.74. The van der Waals surface area contributed by atoms with Gasteiger partial charge in [-0.05, 0) is 30.0 Å². The van der Waals surface area contributed by atoms with E-state index in [2.05, 4.69) is 5.32 Å². The minimum Gasteiger partial charge on any atom is -0.467 e. The summed E-state index contributed by atoms with van der Waals surface area (Å²) in [6.45, 7) is 0.372. The summed E-state index contributed by atoms with van der Waals surface area (Å²) < 4.78 is 5.23. The van der Waals surface area contributed by atoms with Gasteiger partial charge in [-0.25, -0.2) is 0 Å². The number of thiophene rings is 1. The van der Waals surface area contributed by atoms with E-state index in [4.69, 9.17) is 4.42 Å². The quantitative estimate of drug-likeness (QED) is 0.942. The molecular formula is C16H18N2O3S. The maximum atomic E-state index is 12.6. The average molecular weight is 318 g/mol. The molecule has 2 amide bonds. The van der Waals surface area contributed by atoms with Crippen molar-refractivity contribution in [3.8, 4) is 0 Å². The maximum absolute atomic E-state index is 12.6. The van der Waals surface area contributed by atoms with E-state index in [-0.39, 0.29) is 23.8 Å². The van der Waals surface area contributed by atoms with Gasteiger partial charge in [0, 0.05) is 18.3 Å². The van der Waals surface area contributed by atoms with Crippen molar-refractivity contribution in [2.45, 2.75) is 25.4 Å². The van der Waals surface area contributed by atoms with E-state index in [1.165, 1.54) is 0 Å². The number of amides is 2. The van der Waals surface area contributed by atoms with Crippen LogP contribution in [0.3, 0.4) is 0 Å². The molecule has 5 nitrogen and oxygen atoms in total. The highest BCUT2D eigenvalue weighted by Gasteiger charge is 2.39. The largest absolute Gasteiger partial charge is 0.467 e. The van der Waals surface area contributed by atoms with Crippen LogP contribution in [0.1, 0.15) is 29.5 Å². The fourth-order valence-corrected chi connectivity index (χ4v) is 3.81. The molecule has 0 aliphatic carbocycles. The summed E-state index contributed by atoms with van der Waals surface area (Å²) in [4.78, 5) is 27.3. The molecule has 0 aromatic carbocycles. The SMILES string of the molecule is CN1C(=O)CC[C@H](C(=O)NCc2ccco2)[C@H]1c1cccs1. The van der Waals surface area contributed by atoms with Crippen molar-refractivity contribution in [2.75, 3.05) is 7.05 Å². The average Bonchev–Trinajstić information content (AvgIpc) is 3.20. The van der Waals surface area contributed by atoms with Crippen LogP contribution in [0.2, 0.25) is 0 Å². The van der Waals surface area contributed by atoms with Gasteiger partial charge in [-0.15, -0.1) is 11.3 Å². The number of furan rings is 1. The van der Waals surface area contributed by atoms with Crippen LogP contribution in [-0.4, -0.2) is 23.8 Å². The molecule has 1 aliphatic heterocycles. The summed E-state index contributed by atoms with van der Waals surface area (Å²) in [7, 11) is 1.78. The normalized spacial score (nSPS) is 21.9. The zero-order valence-electron chi connectivity index (χ0n) is 12.3. The number of nitrogens with one attached hydrogen (secondary N) is 1. The zero-order valence-corrected chi connectivity index (χ0v) is 13.1. The molecule has 0 radical (unpaired) electrons. The summed E-state index contributed by atoms with van der Waals surface area (Å²) in [6.07, 6.45) is 2.58. The van der Waals surface area contributed by atoms with Crippen molar-refractivity contribution in [1.29, 1.82) is 0 Å². The third-order valence-corrected chi connectivity index (χ3v) is 4.99. The highest BCUT2D eigenvalue weighted by atomic mass is 32.1. The Labute approximate surface area is 132 Å². The Morgan fingerprint density at radius 1 is 1.45 bits per heavy atom. The first-order valence-electron chi connectivity index (χ1n) is 7.26. The van der Waals surface area contributed by atoms with Gasteiger partial charge >= 0.3 is 0 Å². The van der Waals surface area contributed by atoms with Crippen LogP contribution in [-0.2, 0) is 16.1 Å². The van der Waals surface area contributed by atoms with Crippen LogP contribution < -0.4 is 5.32 Å². The molecule has 116 valence electrons.